The molecule has 0 spiro atoms. The Hall–Kier alpha value is -0.610. The van der Waals surface area contributed by atoms with E-state index in [1.807, 2.05) is 6.20 Å². The summed E-state index contributed by atoms with van der Waals surface area (Å²) in [6.07, 6.45) is 4.76. The Kier molecular flexibility index (Phi) is 2.51. The van der Waals surface area contributed by atoms with E-state index in [0.717, 1.165) is 24.1 Å². The Balaban J connectivity index is 2.15. The average molecular weight is 199 g/mol. The van der Waals surface area contributed by atoms with Gasteiger partial charge in [0.15, 0.2) is 0 Å². The molecule has 0 saturated heterocycles. The van der Waals surface area contributed by atoms with Gasteiger partial charge in [0.2, 0.25) is 0 Å². The molecule has 13 heavy (non-hydrogen) atoms. The topological polar surface area (TPSA) is 42.4 Å². The van der Waals surface area contributed by atoms with Crippen molar-refractivity contribution in [1.29, 1.82) is 0 Å². The summed E-state index contributed by atoms with van der Waals surface area (Å²) in [4.78, 5) is 5.25. The van der Waals surface area contributed by atoms with E-state index in [0.29, 0.717) is 11.1 Å². The van der Waals surface area contributed by atoms with Gasteiger partial charge in [0.05, 0.1) is 13.2 Å². The molecule has 2 unspecified atom stereocenters. The highest BCUT2D eigenvalue weighted by Gasteiger charge is 2.28. The number of nitrogens with zero attached hydrogens (tertiary/aromatic N) is 1. The van der Waals surface area contributed by atoms with Crippen molar-refractivity contribution in [3.05, 3.63) is 11.1 Å². The molecule has 1 fully saturated rings. The molecule has 1 saturated carbocycles. The third-order valence-electron chi connectivity index (χ3n) is 2.52. The molecular formula is C9H13NO2S. The number of aliphatic hydroxyl groups excluding tert-OH is 1. The lowest BCUT2D eigenvalue weighted by atomic mass is 10.1. The number of ether oxygens (including phenoxy) is 1. The molecule has 0 bridgehead atoms. The van der Waals surface area contributed by atoms with Crippen LogP contribution in [-0.4, -0.2) is 23.3 Å². The van der Waals surface area contributed by atoms with Crippen molar-refractivity contribution in [3.63, 3.8) is 0 Å². The van der Waals surface area contributed by atoms with E-state index in [1.54, 1.807) is 18.4 Å². The van der Waals surface area contributed by atoms with Gasteiger partial charge in [-0.2, -0.15) is 0 Å². The predicted octanol–water partition coefficient (Wildman–Crippen LogP) is 1.78. The van der Waals surface area contributed by atoms with Crippen molar-refractivity contribution < 1.29 is 9.84 Å². The van der Waals surface area contributed by atoms with Gasteiger partial charge < -0.3 is 9.84 Å². The Morgan fingerprint density at radius 3 is 3.00 bits per heavy atom. The second kappa shape index (κ2) is 3.64. The summed E-state index contributed by atoms with van der Waals surface area (Å²) in [5.41, 5.74) is 0. The molecule has 1 heterocycles. The molecule has 0 radical (unpaired) electrons. The predicted molar refractivity (Wildman–Crippen MR) is 51.3 cm³/mol. The van der Waals surface area contributed by atoms with E-state index in [2.05, 4.69) is 4.98 Å². The molecule has 4 heteroatoms. The molecular weight excluding hydrogens is 186 g/mol. The van der Waals surface area contributed by atoms with Crippen molar-refractivity contribution in [2.75, 3.05) is 7.11 Å². The Bertz CT molecular complexity index is 287. The Morgan fingerprint density at radius 1 is 1.62 bits per heavy atom. The van der Waals surface area contributed by atoms with Gasteiger partial charge in [0.1, 0.15) is 0 Å². The van der Waals surface area contributed by atoms with Crippen LogP contribution in [0.15, 0.2) is 6.20 Å². The van der Waals surface area contributed by atoms with Gasteiger partial charge in [0, 0.05) is 17.0 Å². The third-order valence-corrected chi connectivity index (χ3v) is 3.61. The highest BCUT2D eigenvalue weighted by atomic mass is 32.1. The second-order valence-electron chi connectivity index (χ2n) is 3.34. The third kappa shape index (κ3) is 1.69. The number of thiazole rings is 1. The maximum Gasteiger partial charge on any atom is 0.273 e. The summed E-state index contributed by atoms with van der Waals surface area (Å²) in [5.74, 6) is 0.293. The van der Waals surface area contributed by atoms with E-state index >= 15 is 0 Å². The lowest BCUT2D eigenvalue weighted by Gasteiger charge is -2.10. The SMILES string of the molecule is COc1ncc(C2CCCC2O)s1. The van der Waals surface area contributed by atoms with Crippen LogP contribution in [0.3, 0.4) is 0 Å². The van der Waals surface area contributed by atoms with Crippen molar-refractivity contribution in [2.45, 2.75) is 31.3 Å². The summed E-state index contributed by atoms with van der Waals surface area (Å²) in [7, 11) is 1.62. The van der Waals surface area contributed by atoms with Crippen LogP contribution in [0.1, 0.15) is 30.1 Å². The smallest absolute Gasteiger partial charge is 0.273 e. The monoisotopic (exact) mass is 199 g/mol. The van der Waals surface area contributed by atoms with Gasteiger partial charge in [-0.3, -0.25) is 0 Å². The number of aromatic nitrogens is 1. The first kappa shape index (κ1) is 8.97. The first-order chi connectivity index (χ1) is 6.31. The molecule has 1 aromatic heterocycles. The fourth-order valence-corrected chi connectivity index (χ4v) is 2.73. The molecule has 2 rings (SSSR count). The molecule has 72 valence electrons. The second-order valence-corrected chi connectivity index (χ2v) is 4.36. The Morgan fingerprint density at radius 2 is 2.46 bits per heavy atom. The van der Waals surface area contributed by atoms with Gasteiger partial charge in [-0.1, -0.05) is 17.8 Å². The molecule has 0 aliphatic heterocycles. The molecule has 0 aromatic carbocycles. The minimum atomic E-state index is -0.176. The van der Waals surface area contributed by atoms with E-state index < -0.39 is 0 Å². The average Bonchev–Trinajstić information content (AvgIpc) is 2.71. The summed E-state index contributed by atoms with van der Waals surface area (Å²) in [6, 6.07) is 0. The van der Waals surface area contributed by atoms with E-state index in [4.69, 9.17) is 4.74 Å². The van der Waals surface area contributed by atoms with Crippen molar-refractivity contribution in [2.24, 2.45) is 0 Å². The van der Waals surface area contributed by atoms with Crippen LogP contribution in [0.5, 0.6) is 5.19 Å². The zero-order chi connectivity index (χ0) is 9.26. The van der Waals surface area contributed by atoms with Gasteiger partial charge in [-0.15, -0.1) is 0 Å². The maximum absolute atomic E-state index is 9.66. The van der Waals surface area contributed by atoms with Gasteiger partial charge >= 0.3 is 0 Å². The van der Waals surface area contributed by atoms with E-state index in [-0.39, 0.29) is 6.10 Å². The number of rotatable bonds is 2. The summed E-state index contributed by atoms with van der Waals surface area (Å²) >= 11 is 1.54. The highest BCUT2D eigenvalue weighted by molar-refractivity contribution is 7.13. The van der Waals surface area contributed by atoms with Gasteiger partial charge in [-0.05, 0) is 12.8 Å². The summed E-state index contributed by atoms with van der Waals surface area (Å²) in [5, 5.41) is 10.4. The fourth-order valence-electron chi connectivity index (χ4n) is 1.81. The van der Waals surface area contributed by atoms with Gasteiger partial charge in [0.25, 0.3) is 5.19 Å². The summed E-state index contributed by atoms with van der Waals surface area (Å²) in [6.45, 7) is 0. The van der Waals surface area contributed by atoms with Crippen molar-refractivity contribution >= 4 is 11.3 Å². The molecule has 3 nitrogen and oxygen atoms in total. The number of hydrogen-bond acceptors (Lipinski definition) is 4. The van der Waals surface area contributed by atoms with Crippen LogP contribution in [0.4, 0.5) is 0 Å². The normalized spacial score (nSPS) is 27.8. The molecule has 1 aliphatic carbocycles. The lowest BCUT2D eigenvalue weighted by molar-refractivity contribution is 0.165. The number of hydrogen-bond donors (Lipinski definition) is 1. The number of methoxy groups -OCH3 is 1. The van der Waals surface area contributed by atoms with Crippen LogP contribution >= 0.6 is 11.3 Å². The van der Waals surface area contributed by atoms with Crippen LogP contribution < -0.4 is 4.74 Å². The zero-order valence-corrected chi connectivity index (χ0v) is 8.38. The lowest BCUT2D eigenvalue weighted by Crippen LogP contribution is -2.09. The molecule has 0 amide bonds. The van der Waals surface area contributed by atoms with Crippen LogP contribution in [0, 0.1) is 0 Å². The van der Waals surface area contributed by atoms with Crippen LogP contribution in [0.25, 0.3) is 0 Å². The van der Waals surface area contributed by atoms with Crippen LogP contribution in [-0.2, 0) is 0 Å². The van der Waals surface area contributed by atoms with E-state index in [1.165, 1.54) is 0 Å². The highest BCUT2D eigenvalue weighted by Crippen LogP contribution is 2.38. The Labute approximate surface area is 81.4 Å². The minimum absolute atomic E-state index is 0.176. The summed E-state index contributed by atoms with van der Waals surface area (Å²) < 4.78 is 5.02. The maximum atomic E-state index is 9.66. The van der Waals surface area contributed by atoms with Crippen molar-refractivity contribution in [1.82, 2.24) is 4.98 Å². The first-order valence-corrected chi connectivity index (χ1v) is 5.30. The fraction of sp³-hybridized carbons (Fsp3) is 0.667. The zero-order valence-electron chi connectivity index (χ0n) is 7.56. The quantitative estimate of drug-likeness (QED) is 0.789. The van der Waals surface area contributed by atoms with Crippen molar-refractivity contribution in [3.8, 4) is 5.19 Å². The molecule has 1 N–H and O–H groups in total. The standard InChI is InChI=1S/C9H13NO2S/c1-12-9-10-5-8(13-9)6-3-2-4-7(6)11/h5-7,11H,2-4H2,1H3. The largest absolute Gasteiger partial charge is 0.473 e. The molecule has 1 aromatic rings. The van der Waals surface area contributed by atoms with Gasteiger partial charge in [-0.25, -0.2) is 4.98 Å². The minimum Gasteiger partial charge on any atom is -0.473 e. The first-order valence-electron chi connectivity index (χ1n) is 4.49. The van der Waals surface area contributed by atoms with E-state index in [9.17, 15) is 5.11 Å². The molecule has 2 atom stereocenters. The molecule has 1 aliphatic rings. The van der Waals surface area contributed by atoms with Crippen LogP contribution in [0.2, 0.25) is 0 Å². The number of aliphatic hydroxyl groups is 1.